The van der Waals surface area contributed by atoms with Gasteiger partial charge in [0.2, 0.25) is 0 Å². The maximum Gasteiger partial charge on any atom is 0.271 e. The standard InChI is InChI=1S/C11H20O8/c12-1-3-14-9-16-5-11(6-17-9)7-18-10(19-8-11)15-4-2-13/h9-10,12-13H,1-8H2. The molecule has 2 rings (SSSR count). The van der Waals surface area contributed by atoms with Crippen LogP contribution in [0.25, 0.3) is 0 Å². The Bertz CT molecular complexity index is 216. The van der Waals surface area contributed by atoms with Gasteiger partial charge in [-0.25, -0.2) is 0 Å². The van der Waals surface area contributed by atoms with Crippen LogP contribution >= 0.6 is 0 Å². The highest BCUT2D eigenvalue weighted by Gasteiger charge is 2.42. The smallest absolute Gasteiger partial charge is 0.271 e. The van der Waals surface area contributed by atoms with E-state index in [1.807, 2.05) is 0 Å². The summed E-state index contributed by atoms with van der Waals surface area (Å²) >= 11 is 0. The van der Waals surface area contributed by atoms with Crippen LogP contribution in [0.4, 0.5) is 0 Å². The van der Waals surface area contributed by atoms with E-state index in [1.165, 1.54) is 0 Å². The van der Waals surface area contributed by atoms with Crippen LogP contribution in [0.15, 0.2) is 0 Å². The average molecular weight is 280 g/mol. The van der Waals surface area contributed by atoms with E-state index in [9.17, 15) is 0 Å². The summed E-state index contributed by atoms with van der Waals surface area (Å²) in [5.41, 5.74) is -0.363. The summed E-state index contributed by atoms with van der Waals surface area (Å²) in [6, 6.07) is 0. The second kappa shape index (κ2) is 7.46. The van der Waals surface area contributed by atoms with Crippen LogP contribution in [-0.4, -0.2) is 76.0 Å². The number of rotatable bonds is 6. The van der Waals surface area contributed by atoms with E-state index in [0.717, 1.165) is 0 Å². The van der Waals surface area contributed by atoms with Crippen LogP contribution in [-0.2, 0) is 28.4 Å². The second-order valence-electron chi connectivity index (χ2n) is 4.51. The van der Waals surface area contributed by atoms with Gasteiger partial charge in [-0.2, -0.15) is 0 Å². The van der Waals surface area contributed by atoms with Crippen molar-refractivity contribution in [2.75, 3.05) is 52.9 Å². The van der Waals surface area contributed by atoms with Crippen LogP contribution < -0.4 is 0 Å². The lowest BCUT2D eigenvalue weighted by Crippen LogP contribution is -2.53. The quantitative estimate of drug-likeness (QED) is 0.616. The molecule has 19 heavy (non-hydrogen) atoms. The Kier molecular flexibility index (Phi) is 5.92. The normalized spacial score (nSPS) is 35.7. The average Bonchev–Trinajstić information content (AvgIpc) is 2.46. The van der Waals surface area contributed by atoms with E-state index < -0.39 is 13.0 Å². The highest BCUT2D eigenvalue weighted by Crippen LogP contribution is 2.30. The van der Waals surface area contributed by atoms with Crippen molar-refractivity contribution in [3.8, 4) is 0 Å². The van der Waals surface area contributed by atoms with Crippen molar-refractivity contribution in [3.05, 3.63) is 0 Å². The largest absolute Gasteiger partial charge is 0.394 e. The lowest BCUT2D eigenvalue weighted by Gasteiger charge is -2.42. The van der Waals surface area contributed by atoms with Crippen molar-refractivity contribution in [2.24, 2.45) is 5.41 Å². The molecule has 2 fully saturated rings. The van der Waals surface area contributed by atoms with E-state index >= 15 is 0 Å². The molecule has 0 aliphatic carbocycles. The molecule has 0 aromatic heterocycles. The van der Waals surface area contributed by atoms with Crippen molar-refractivity contribution in [3.63, 3.8) is 0 Å². The van der Waals surface area contributed by atoms with Gasteiger partial charge in [0.25, 0.3) is 13.0 Å². The first-order valence-electron chi connectivity index (χ1n) is 6.19. The molecule has 1 spiro atoms. The van der Waals surface area contributed by atoms with Gasteiger partial charge >= 0.3 is 0 Å². The van der Waals surface area contributed by atoms with Crippen LogP contribution in [0.1, 0.15) is 0 Å². The molecule has 0 unspecified atom stereocenters. The van der Waals surface area contributed by atoms with Crippen molar-refractivity contribution < 1.29 is 38.6 Å². The van der Waals surface area contributed by atoms with Gasteiger partial charge in [0.15, 0.2) is 0 Å². The van der Waals surface area contributed by atoms with Gasteiger partial charge in [-0.15, -0.1) is 0 Å². The van der Waals surface area contributed by atoms with Crippen LogP contribution in [0, 0.1) is 5.41 Å². The SMILES string of the molecule is OCCOC1OCC2(CO1)COC(OCCO)OC2. The number of hydrogen-bond donors (Lipinski definition) is 2. The lowest BCUT2D eigenvalue weighted by molar-refractivity contribution is -0.391. The topological polar surface area (TPSA) is 95.8 Å². The third-order valence-electron chi connectivity index (χ3n) is 2.79. The molecule has 8 nitrogen and oxygen atoms in total. The van der Waals surface area contributed by atoms with Gasteiger partial charge in [0.1, 0.15) is 0 Å². The summed E-state index contributed by atoms with van der Waals surface area (Å²) in [7, 11) is 0. The molecule has 0 bridgehead atoms. The fraction of sp³-hybridized carbons (Fsp3) is 1.00. The first-order valence-corrected chi connectivity index (χ1v) is 6.19. The molecule has 112 valence electrons. The Morgan fingerprint density at radius 1 is 0.789 bits per heavy atom. The molecule has 0 atom stereocenters. The maximum atomic E-state index is 8.63. The van der Waals surface area contributed by atoms with Gasteiger partial charge < -0.3 is 38.6 Å². The molecule has 0 radical (unpaired) electrons. The molecule has 2 saturated heterocycles. The highest BCUT2D eigenvalue weighted by molar-refractivity contribution is 4.82. The van der Waals surface area contributed by atoms with E-state index in [1.54, 1.807) is 0 Å². The molecule has 2 aliphatic rings. The van der Waals surface area contributed by atoms with Crippen molar-refractivity contribution >= 4 is 0 Å². The summed E-state index contributed by atoms with van der Waals surface area (Å²) in [5.74, 6) is 0. The summed E-state index contributed by atoms with van der Waals surface area (Å²) in [6.07, 6.45) is 0. The Morgan fingerprint density at radius 3 is 1.47 bits per heavy atom. The predicted octanol–water partition coefficient (Wildman–Crippen LogP) is -1.35. The monoisotopic (exact) mass is 280 g/mol. The van der Waals surface area contributed by atoms with Gasteiger partial charge in [-0.1, -0.05) is 0 Å². The third kappa shape index (κ3) is 4.33. The molecule has 2 aliphatic heterocycles. The molecule has 8 heteroatoms. The van der Waals surface area contributed by atoms with Crippen molar-refractivity contribution in [1.29, 1.82) is 0 Å². The minimum absolute atomic E-state index is 0.0789. The first-order chi connectivity index (χ1) is 9.28. The Labute approximate surface area is 111 Å². The maximum absolute atomic E-state index is 8.63. The zero-order chi connectivity index (χ0) is 13.6. The number of aliphatic hydroxyl groups excluding tert-OH is 2. The minimum Gasteiger partial charge on any atom is -0.394 e. The van der Waals surface area contributed by atoms with Crippen LogP contribution in [0.2, 0.25) is 0 Å². The fourth-order valence-electron chi connectivity index (χ4n) is 1.82. The zero-order valence-electron chi connectivity index (χ0n) is 10.7. The van der Waals surface area contributed by atoms with Gasteiger partial charge in [-0.05, 0) is 0 Å². The summed E-state index contributed by atoms with van der Waals surface area (Å²) in [5, 5.41) is 17.3. The third-order valence-corrected chi connectivity index (χ3v) is 2.79. The van der Waals surface area contributed by atoms with Gasteiger partial charge in [0, 0.05) is 0 Å². The molecule has 2 N–H and O–H groups in total. The molecular weight excluding hydrogens is 260 g/mol. The van der Waals surface area contributed by atoms with E-state index in [4.69, 9.17) is 38.6 Å². The second-order valence-corrected chi connectivity index (χ2v) is 4.51. The van der Waals surface area contributed by atoms with Crippen molar-refractivity contribution in [2.45, 2.75) is 13.0 Å². The molecule has 0 aromatic rings. The molecule has 0 saturated carbocycles. The predicted molar refractivity (Wildman–Crippen MR) is 59.9 cm³/mol. The summed E-state index contributed by atoms with van der Waals surface area (Å²) < 4.78 is 31.8. The van der Waals surface area contributed by atoms with Crippen LogP contribution in [0.5, 0.6) is 0 Å². The van der Waals surface area contributed by atoms with E-state index in [-0.39, 0.29) is 31.8 Å². The Hall–Kier alpha value is -0.320. The summed E-state index contributed by atoms with van der Waals surface area (Å²) in [6.45, 7) is 0.220. The first kappa shape index (κ1) is 15.1. The Balaban J connectivity index is 1.69. The number of ether oxygens (including phenoxy) is 6. The number of hydrogen-bond acceptors (Lipinski definition) is 8. The lowest BCUT2D eigenvalue weighted by atomic mass is 9.91. The minimum atomic E-state index is -0.749. The van der Waals surface area contributed by atoms with E-state index in [2.05, 4.69) is 0 Å². The molecule has 0 amide bonds. The fourth-order valence-corrected chi connectivity index (χ4v) is 1.82. The van der Waals surface area contributed by atoms with Crippen LogP contribution in [0.3, 0.4) is 0 Å². The Morgan fingerprint density at radius 2 is 1.16 bits per heavy atom. The van der Waals surface area contributed by atoms with Crippen molar-refractivity contribution in [1.82, 2.24) is 0 Å². The van der Waals surface area contributed by atoms with Gasteiger partial charge in [0.05, 0.1) is 58.3 Å². The molecule has 0 aromatic carbocycles. The zero-order valence-corrected chi connectivity index (χ0v) is 10.7. The molecular formula is C11H20O8. The van der Waals surface area contributed by atoms with E-state index in [0.29, 0.717) is 26.4 Å². The summed E-state index contributed by atoms with van der Waals surface area (Å²) in [4.78, 5) is 0. The van der Waals surface area contributed by atoms with Gasteiger partial charge in [-0.3, -0.25) is 0 Å². The molecule has 2 heterocycles. The number of aliphatic hydroxyl groups is 2. The highest BCUT2D eigenvalue weighted by atomic mass is 16.9.